The summed E-state index contributed by atoms with van der Waals surface area (Å²) in [6.07, 6.45) is 5.03. The lowest BCUT2D eigenvalue weighted by Gasteiger charge is -2.28. The molecule has 0 aromatic heterocycles. The van der Waals surface area contributed by atoms with E-state index in [1.807, 2.05) is 17.1 Å². The highest BCUT2D eigenvalue weighted by Crippen LogP contribution is 2.18. The van der Waals surface area contributed by atoms with Crippen LogP contribution in [0.2, 0.25) is 0 Å². The molecule has 5 nitrogen and oxygen atoms in total. The van der Waals surface area contributed by atoms with Gasteiger partial charge in [-0.05, 0) is 24.1 Å². The van der Waals surface area contributed by atoms with Gasteiger partial charge in [0.05, 0.1) is 11.5 Å². The van der Waals surface area contributed by atoms with Gasteiger partial charge < -0.3 is 9.84 Å². The fourth-order valence-electron chi connectivity index (χ4n) is 2.63. The number of nitrogens with zero attached hydrogens (tertiary/aromatic N) is 1. The second kappa shape index (κ2) is 9.31. The molecule has 1 N–H and O–H groups in total. The number of hydrogen-bond acceptors (Lipinski definition) is 5. The molecule has 1 saturated heterocycles. The minimum atomic E-state index is -2.93. The molecule has 140 valence electrons. The number of halogens is 1. The largest absolute Gasteiger partial charge is 0.491 e. The fourth-order valence-corrected chi connectivity index (χ4v) is 3.90. The summed E-state index contributed by atoms with van der Waals surface area (Å²) >= 11 is 0. The summed E-state index contributed by atoms with van der Waals surface area (Å²) in [5, 5.41) is 10.1. The van der Waals surface area contributed by atoms with Gasteiger partial charge in [-0.15, -0.1) is 0 Å². The quantitative estimate of drug-likeness (QED) is 0.758. The molecule has 1 aliphatic rings. The van der Waals surface area contributed by atoms with Crippen molar-refractivity contribution in [3.63, 3.8) is 0 Å². The number of ether oxygens (including phenoxy) is 1. The summed E-state index contributed by atoms with van der Waals surface area (Å²) in [5.41, 5.74) is 0.721. The third kappa shape index (κ3) is 7.13. The Kier molecular flexibility index (Phi) is 7.40. The zero-order valence-electron chi connectivity index (χ0n) is 14.5. The maximum Gasteiger partial charge on any atom is 0.152 e. The third-order valence-corrected chi connectivity index (χ3v) is 5.62. The molecule has 1 heterocycles. The van der Waals surface area contributed by atoms with E-state index in [0.29, 0.717) is 25.4 Å². The maximum absolute atomic E-state index is 13.7. The smallest absolute Gasteiger partial charge is 0.152 e. The molecule has 25 heavy (non-hydrogen) atoms. The van der Waals surface area contributed by atoms with Crippen LogP contribution in [0, 0.1) is 5.82 Å². The van der Waals surface area contributed by atoms with E-state index in [1.54, 1.807) is 6.07 Å². The van der Waals surface area contributed by atoms with Gasteiger partial charge in [0.1, 0.15) is 24.3 Å². The lowest BCUT2D eigenvalue weighted by atomic mass is 10.1. The van der Waals surface area contributed by atoms with E-state index in [4.69, 9.17) is 4.74 Å². The minimum Gasteiger partial charge on any atom is -0.491 e. The zero-order chi connectivity index (χ0) is 18.3. The van der Waals surface area contributed by atoms with Gasteiger partial charge in [0, 0.05) is 25.7 Å². The number of sulfone groups is 1. The molecule has 0 bridgehead atoms. The molecule has 0 radical (unpaired) electrons. The molecular formula is C18H26FNO4S. The topological polar surface area (TPSA) is 66.8 Å². The van der Waals surface area contributed by atoms with Crippen LogP contribution in [0.5, 0.6) is 5.75 Å². The zero-order valence-corrected chi connectivity index (χ0v) is 15.3. The number of benzene rings is 1. The standard InChI is InChI=1S/C18H26FNO4S/c1-2-3-4-5-15-10-16(19)12-18(11-15)24-14-17(21)13-20-6-8-25(22,23)9-7-20/h4-5,10-12,17,21H,2-3,6-9,13-14H2,1H3/b5-4+. The van der Waals surface area contributed by atoms with Gasteiger partial charge in [0.25, 0.3) is 0 Å². The molecule has 2 rings (SSSR count). The van der Waals surface area contributed by atoms with Crippen LogP contribution < -0.4 is 4.74 Å². The number of aliphatic hydroxyl groups is 1. The van der Waals surface area contributed by atoms with E-state index in [9.17, 15) is 17.9 Å². The molecule has 0 spiro atoms. The van der Waals surface area contributed by atoms with Crippen molar-refractivity contribution in [1.82, 2.24) is 4.90 Å². The lowest BCUT2D eigenvalue weighted by molar-refractivity contribution is 0.0709. The number of β-amino-alcohol motifs (C(OH)–C–C–N with tert-alkyl or cyclic N) is 1. The first kappa shape index (κ1) is 19.9. The Morgan fingerprint density at radius 2 is 2.04 bits per heavy atom. The highest BCUT2D eigenvalue weighted by molar-refractivity contribution is 7.91. The van der Waals surface area contributed by atoms with Crippen LogP contribution >= 0.6 is 0 Å². The molecule has 1 aliphatic heterocycles. The van der Waals surface area contributed by atoms with Crippen molar-refractivity contribution in [3.05, 3.63) is 35.7 Å². The van der Waals surface area contributed by atoms with E-state index in [1.165, 1.54) is 12.1 Å². The van der Waals surface area contributed by atoms with Crippen molar-refractivity contribution in [3.8, 4) is 5.75 Å². The van der Waals surface area contributed by atoms with Crippen LogP contribution in [-0.2, 0) is 9.84 Å². The summed E-state index contributed by atoms with van der Waals surface area (Å²) in [7, 11) is -2.93. The van der Waals surface area contributed by atoms with E-state index < -0.39 is 15.9 Å². The SMILES string of the molecule is CCC/C=C/c1cc(F)cc(OCC(O)CN2CCS(=O)(=O)CC2)c1. The first-order chi connectivity index (χ1) is 11.9. The van der Waals surface area contributed by atoms with Gasteiger partial charge in [0.2, 0.25) is 0 Å². The molecular weight excluding hydrogens is 345 g/mol. The summed E-state index contributed by atoms with van der Waals surface area (Å²) in [6.45, 7) is 3.29. The van der Waals surface area contributed by atoms with Gasteiger partial charge >= 0.3 is 0 Å². The van der Waals surface area contributed by atoms with E-state index in [-0.39, 0.29) is 23.9 Å². The molecule has 7 heteroatoms. The predicted molar refractivity (Wildman–Crippen MR) is 96.9 cm³/mol. The van der Waals surface area contributed by atoms with Gasteiger partial charge in [-0.25, -0.2) is 12.8 Å². The number of unbranched alkanes of at least 4 members (excludes halogenated alkanes) is 1. The highest BCUT2D eigenvalue weighted by Gasteiger charge is 2.23. The van der Waals surface area contributed by atoms with Crippen molar-refractivity contribution in [2.75, 3.05) is 37.7 Å². The van der Waals surface area contributed by atoms with Gasteiger partial charge in [-0.1, -0.05) is 25.5 Å². The minimum absolute atomic E-state index is 0.0326. The molecule has 0 aliphatic carbocycles. The van der Waals surface area contributed by atoms with Crippen molar-refractivity contribution in [2.45, 2.75) is 25.9 Å². The van der Waals surface area contributed by atoms with Gasteiger partial charge in [-0.2, -0.15) is 0 Å². The molecule has 1 aromatic carbocycles. The normalized spacial score (nSPS) is 19.2. The number of aliphatic hydroxyl groups excluding tert-OH is 1. The van der Waals surface area contributed by atoms with Crippen LogP contribution in [0.15, 0.2) is 24.3 Å². The highest BCUT2D eigenvalue weighted by atomic mass is 32.2. The Morgan fingerprint density at radius 1 is 1.32 bits per heavy atom. The van der Waals surface area contributed by atoms with Gasteiger partial charge in [-0.3, -0.25) is 4.90 Å². The Bertz CT molecular complexity index is 676. The monoisotopic (exact) mass is 371 g/mol. The molecule has 1 atom stereocenters. The van der Waals surface area contributed by atoms with Crippen LogP contribution in [0.4, 0.5) is 4.39 Å². The summed E-state index contributed by atoms with van der Waals surface area (Å²) in [4.78, 5) is 1.90. The maximum atomic E-state index is 13.7. The van der Waals surface area contributed by atoms with Crippen molar-refractivity contribution >= 4 is 15.9 Å². The summed E-state index contributed by atoms with van der Waals surface area (Å²) in [5.74, 6) is 0.233. The number of allylic oxidation sites excluding steroid dienone is 1. The van der Waals surface area contributed by atoms with Crippen LogP contribution in [0.1, 0.15) is 25.3 Å². The Balaban J connectivity index is 1.83. The molecule has 0 amide bonds. The Hall–Kier alpha value is -1.44. The van der Waals surface area contributed by atoms with Crippen molar-refractivity contribution in [1.29, 1.82) is 0 Å². The van der Waals surface area contributed by atoms with E-state index in [0.717, 1.165) is 18.4 Å². The summed E-state index contributed by atoms with van der Waals surface area (Å²) < 4.78 is 42.0. The van der Waals surface area contributed by atoms with Crippen LogP contribution in [-0.4, -0.2) is 62.3 Å². The first-order valence-electron chi connectivity index (χ1n) is 8.59. The Labute approximate surface area is 149 Å². The summed E-state index contributed by atoms with van der Waals surface area (Å²) in [6, 6.07) is 4.45. The average molecular weight is 371 g/mol. The van der Waals surface area contributed by atoms with E-state index >= 15 is 0 Å². The number of rotatable bonds is 8. The Morgan fingerprint density at radius 3 is 2.72 bits per heavy atom. The molecule has 1 aromatic rings. The second-order valence-electron chi connectivity index (χ2n) is 6.33. The second-order valence-corrected chi connectivity index (χ2v) is 8.63. The van der Waals surface area contributed by atoms with Gasteiger partial charge in [0.15, 0.2) is 9.84 Å². The van der Waals surface area contributed by atoms with Crippen molar-refractivity contribution < 1.29 is 22.7 Å². The van der Waals surface area contributed by atoms with Crippen LogP contribution in [0.25, 0.3) is 6.08 Å². The lowest BCUT2D eigenvalue weighted by Crippen LogP contribution is -2.44. The van der Waals surface area contributed by atoms with Crippen molar-refractivity contribution in [2.24, 2.45) is 0 Å². The molecule has 1 unspecified atom stereocenters. The predicted octanol–water partition coefficient (Wildman–Crippen LogP) is 2.11. The van der Waals surface area contributed by atoms with E-state index in [2.05, 4.69) is 6.92 Å². The molecule has 0 saturated carbocycles. The average Bonchev–Trinajstić information content (AvgIpc) is 2.55. The first-order valence-corrected chi connectivity index (χ1v) is 10.4. The third-order valence-electron chi connectivity index (χ3n) is 4.01. The number of hydrogen-bond donors (Lipinski definition) is 1. The van der Waals surface area contributed by atoms with Crippen LogP contribution in [0.3, 0.4) is 0 Å². The molecule has 1 fully saturated rings. The fraction of sp³-hybridized carbons (Fsp3) is 0.556.